The molecule has 1 aromatic rings. The lowest BCUT2D eigenvalue weighted by Gasteiger charge is -2.34. The van der Waals surface area contributed by atoms with Gasteiger partial charge < -0.3 is 10.2 Å². The van der Waals surface area contributed by atoms with Gasteiger partial charge in [0.05, 0.1) is 0 Å². The quantitative estimate of drug-likeness (QED) is 0.870. The van der Waals surface area contributed by atoms with Gasteiger partial charge in [-0.15, -0.1) is 12.4 Å². The molecule has 1 fully saturated rings. The molecule has 1 amide bonds. The van der Waals surface area contributed by atoms with Gasteiger partial charge in [-0.05, 0) is 51.3 Å². The van der Waals surface area contributed by atoms with Crippen LogP contribution in [0.1, 0.15) is 43.7 Å². The number of carbonyl (C=O) groups excluding carboxylic acids is 1. The molecule has 1 N–H and O–H groups in total. The number of carbonyl (C=O) groups is 1. The van der Waals surface area contributed by atoms with E-state index in [-0.39, 0.29) is 12.4 Å². The molecule has 3 nitrogen and oxygen atoms in total. The minimum absolute atomic E-state index is 0. The van der Waals surface area contributed by atoms with Gasteiger partial charge in [0, 0.05) is 19.0 Å². The molecule has 1 aliphatic rings. The van der Waals surface area contributed by atoms with E-state index >= 15 is 0 Å². The van der Waals surface area contributed by atoms with E-state index in [2.05, 4.69) is 48.3 Å². The van der Waals surface area contributed by atoms with Crippen LogP contribution in [0.15, 0.2) is 24.3 Å². The minimum Gasteiger partial charge on any atom is -0.340 e. The van der Waals surface area contributed by atoms with Crippen molar-refractivity contribution in [1.82, 2.24) is 10.2 Å². The third-order valence-electron chi connectivity index (χ3n) is 4.24. The highest BCUT2D eigenvalue weighted by Gasteiger charge is 2.24. The third-order valence-corrected chi connectivity index (χ3v) is 4.24. The lowest BCUT2D eigenvalue weighted by atomic mass is 10.0. The molecule has 22 heavy (non-hydrogen) atoms. The van der Waals surface area contributed by atoms with Crippen LogP contribution in [0.5, 0.6) is 0 Å². The number of nitrogens with zero attached hydrogens (tertiary/aromatic N) is 1. The van der Waals surface area contributed by atoms with Crippen LogP contribution in [0.4, 0.5) is 0 Å². The summed E-state index contributed by atoms with van der Waals surface area (Å²) in [6, 6.07) is 8.92. The zero-order valence-electron chi connectivity index (χ0n) is 13.8. The van der Waals surface area contributed by atoms with E-state index in [1.54, 1.807) is 0 Å². The smallest absolute Gasteiger partial charge is 0.223 e. The van der Waals surface area contributed by atoms with Crippen LogP contribution in [0.3, 0.4) is 0 Å². The number of rotatable bonds is 6. The van der Waals surface area contributed by atoms with Crippen LogP contribution in [-0.4, -0.2) is 36.5 Å². The van der Waals surface area contributed by atoms with Crippen molar-refractivity contribution in [2.45, 2.75) is 52.0 Å². The van der Waals surface area contributed by atoms with E-state index in [0.717, 1.165) is 45.3 Å². The molecule has 0 aliphatic carbocycles. The first kappa shape index (κ1) is 19.0. The fourth-order valence-electron chi connectivity index (χ4n) is 3.13. The summed E-state index contributed by atoms with van der Waals surface area (Å²) in [5, 5.41) is 3.38. The molecule has 1 saturated heterocycles. The first-order valence-corrected chi connectivity index (χ1v) is 8.26. The van der Waals surface area contributed by atoms with E-state index < -0.39 is 0 Å². The van der Waals surface area contributed by atoms with Crippen LogP contribution in [0.25, 0.3) is 0 Å². The summed E-state index contributed by atoms with van der Waals surface area (Å²) in [5.41, 5.74) is 2.54. The normalized spacial score (nSPS) is 15.2. The number of aryl methyl sites for hydroxylation is 2. The summed E-state index contributed by atoms with van der Waals surface area (Å²) in [7, 11) is 0. The molecule has 1 aliphatic heterocycles. The largest absolute Gasteiger partial charge is 0.340 e. The van der Waals surface area contributed by atoms with Crippen molar-refractivity contribution in [1.29, 1.82) is 0 Å². The Bertz CT molecular complexity index is 458. The van der Waals surface area contributed by atoms with Crippen LogP contribution < -0.4 is 5.32 Å². The molecular weight excluding hydrogens is 296 g/mol. The maximum absolute atomic E-state index is 12.6. The highest BCUT2D eigenvalue weighted by molar-refractivity contribution is 5.85. The van der Waals surface area contributed by atoms with Crippen molar-refractivity contribution in [2.75, 3.05) is 19.6 Å². The van der Waals surface area contributed by atoms with Crippen molar-refractivity contribution >= 4 is 18.3 Å². The average molecular weight is 325 g/mol. The molecule has 4 heteroatoms. The summed E-state index contributed by atoms with van der Waals surface area (Å²) >= 11 is 0. The Morgan fingerprint density at radius 1 is 1.32 bits per heavy atom. The van der Waals surface area contributed by atoms with Gasteiger partial charge in [-0.2, -0.15) is 0 Å². The zero-order valence-corrected chi connectivity index (χ0v) is 14.6. The number of amides is 1. The zero-order chi connectivity index (χ0) is 15.1. The maximum atomic E-state index is 12.6. The van der Waals surface area contributed by atoms with Crippen molar-refractivity contribution in [3.63, 3.8) is 0 Å². The molecular formula is C18H29ClN2O. The van der Waals surface area contributed by atoms with Gasteiger partial charge in [0.25, 0.3) is 0 Å². The van der Waals surface area contributed by atoms with Gasteiger partial charge >= 0.3 is 0 Å². The highest BCUT2D eigenvalue weighted by Crippen LogP contribution is 2.15. The number of hydrogen-bond acceptors (Lipinski definition) is 2. The Labute approximate surface area is 140 Å². The summed E-state index contributed by atoms with van der Waals surface area (Å²) in [6.45, 7) is 7.23. The number of nitrogens with one attached hydrogen (secondary N) is 1. The summed E-state index contributed by atoms with van der Waals surface area (Å²) in [5.74, 6) is 0.324. The lowest BCUT2D eigenvalue weighted by molar-refractivity contribution is -0.134. The van der Waals surface area contributed by atoms with Crippen molar-refractivity contribution < 1.29 is 4.79 Å². The molecule has 0 aromatic heterocycles. The monoisotopic (exact) mass is 324 g/mol. The Balaban J connectivity index is 0.00000242. The van der Waals surface area contributed by atoms with E-state index in [4.69, 9.17) is 0 Å². The average Bonchev–Trinajstić information content (AvgIpc) is 2.51. The third kappa shape index (κ3) is 5.62. The van der Waals surface area contributed by atoms with Crippen molar-refractivity contribution in [3.05, 3.63) is 35.4 Å². The van der Waals surface area contributed by atoms with Gasteiger partial charge in [0.1, 0.15) is 0 Å². The molecule has 2 rings (SSSR count). The van der Waals surface area contributed by atoms with Crippen LogP contribution in [0, 0.1) is 6.92 Å². The van der Waals surface area contributed by atoms with Crippen LogP contribution in [0.2, 0.25) is 0 Å². The van der Waals surface area contributed by atoms with Gasteiger partial charge in [-0.3, -0.25) is 4.79 Å². The Kier molecular flexibility index (Phi) is 8.51. The molecule has 1 heterocycles. The van der Waals surface area contributed by atoms with Gasteiger partial charge in [0.2, 0.25) is 5.91 Å². The number of piperidine rings is 1. The molecule has 124 valence electrons. The molecule has 0 spiro atoms. The number of benzene rings is 1. The lowest BCUT2D eigenvalue weighted by Crippen LogP contribution is -2.46. The molecule has 0 bridgehead atoms. The second kappa shape index (κ2) is 9.86. The first-order chi connectivity index (χ1) is 10.2. The standard InChI is InChI=1S/C18H28N2O.ClH/c1-3-13-20(17-9-11-19-12-10-17)18(21)8-7-16-6-4-5-15(2)14-16;/h4-6,14,17,19H,3,7-13H2,1-2H3;1H. The summed E-state index contributed by atoms with van der Waals surface area (Å²) in [6.07, 6.45) is 4.71. The van der Waals surface area contributed by atoms with Crippen molar-refractivity contribution in [3.8, 4) is 0 Å². The topological polar surface area (TPSA) is 32.3 Å². The van der Waals surface area contributed by atoms with Gasteiger partial charge in [-0.25, -0.2) is 0 Å². The van der Waals surface area contributed by atoms with Crippen molar-refractivity contribution in [2.24, 2.45) is 0 Å². The second-order valence-electron chi connectivity index (χ2n) is 6.06. The number of halogens is 1. The first-order valence-electron chi connectivity index (χ1n) is 8.26. The predicted molar refractivity (Wildman–Crippen MR) is 94.6 cm³/mol. The summed E-state index contributed by atoms with van der Waals surface area (Å²) < 4.78 is 0. The van der Waals surface area contributed by atoms with E-state index in [1.807, 2.05) is 0 Å². The fraction of sp³-hybridized carbons (Fsp3) is 0.611. The SMILES string of the molecule is CCCN(C(=O)CCc1cccc(C)c1)C1CCNCC1.Cl. The highest BCUT2D eigenvalue weighted by atomic mass is 35.5. The van der Waals surface area contributed by atoms with Crippen LogP contribution in [-0.2, 0) is 11.2 Å². The Hall–Kier alpha value is -1.06. The van der Waals surface area contributed by atoms with E-state index in [1.165, 1.54) is 11.1 Å². The Morgan fingerprint density at radius 2 is 2.05 bits per heavy atom. The van der Waals surface area contributed by atoms with Gasteiger partial charge in [-0.1, -0.05) is 36.8 Å². The molecule has 0 radical (unpaired) electrons. The second-order valence-corrected chi connectivity index (χ2v) is 6.06. The molecule has 1 aromatic carbocycles. The summed E-state index contributed by atoms with van der Waals surface area (Å²) in [4.78, 5) is 14.7. The van der Waals surface area contributed by atoms with Crippen LogP contribution >= 0.6 is 12.4 Å². The molecule has 0 unspecified atom stereocenters. The number of hydrogen-bond donors (Lipinski definition) is 1. The maximum Gasteiger partial charge on any atom is 0.223 e. The predicted octanol–water partition coefficient (Wildman–Crippen LogP) is 3.34. The van der Waals surface area contributed by atoms with E-state index in [0.29, 0.717) is 18.4 Å². The molecule has 0 saturated carbocycles. The Morgan fingerprint density at radius 3 is 2.68 bits per heavy atom. The minimum atomic E-state index is 0. The fourth-order valence-corrected chi connectivity index (χ4v) is 3.13. The molecule has 0 atom stereocenters. The van der Waals surface area contributed by atoms with E-state index in [9.17, 15) is 4.79 Å². The van der Waals surface area contributed by atoms with Gasteiger partial charge in [0.15, 0.2) is 0 Å².